The van der Waals surface area contributed by atoms with Crippen LogP contribution in [0, 0.1) is 0 Å². The predicted octanol–water partition coefficient (Wildman–Crippen LogP) is 2.55. The van der Waals surface area contributed by atoms with Crippen LogP contribution in [-0.2, 0) is 4.74 Å². The number of amides is 2. The molecule has 1 aliphatic heterocycles. The molecule has 0 N–H and O–H groups in total. The zero-order chi connectivity index (χ0) is 17.8. The maximum atomic E-state index is 12.6. The van der Waals surface area contributed by atoms with Gasteiger partial charge in [0.05, 0.1) is 23.0 Å². The van der Waals surface area contributed by atoms with Crippen molar-refractivity contribution < 1.29 is 14.3 Å². The number of carbonyl (C=O) groups excluding carboxylic acids is 2. The number of rotatable bonds is 3. The summed E-state index contributed by atoms with van der Waals surface area (Å²) in [6.07, 6.45) is 3.25. The van der Waals surface area contributed by atoms with E-state index >= 15 is 0 Å². The van der Waals surface area contributed by atoms with Crippen molar-refractivity contribution in [1.82, 2.24) is 19.6 Å². The lowest BCUT2D eigenvalue weighted by molar-refractivity contribution is 0.0570. The quantitative estimate of drug-likeness (QED) is 0.785. The molecule has 25 heavy (non-hydrogen) atoms. The van der Waals surface area contributed by atoms with Crippen LogP contribution < -0.4 is 0 Å². The van der Waals surface area contributed by atoms with Gasteiger partial charge in [0, 0.05) is 37.9 Å². The van der Waals surface area contributed by atoms with Crippen LogP contribution in [0.25, 0.3) is 5.69 Å². The molecule has 2 aromatic rings. The SMILES string of the molecule is CCOC(=O)N1CCN(C(=O)c2ccc(-n3cc(Br)cn3)cc2)CC1. The van der Waals surface area contributed by atoms with Gasteiger partial charge in [-0.25, -0.2) is 9.48 Å². The third kappa shape index (κ3) is 4.01. The molecular weight excluding hydrogens is 388 g/mol. The van der Waals surface area contributed by atoms with Crippen molar-refractivity contribution in [2.24, 2.45) is 0 Å². The predicted molar refractivity (Wildman–Crippen MR) is 95.8 cm³/mol. The van der Waals surface area contributed by atoms with Crippen LogP contribution in [0.5, 0.6) is 0 Å². The van der Waals surface area contributed by atoms with Gasteiger partial charge >= 0.3 is 6.09 Å². The Balaban J connectivity index is 1.61. The van der Waals surface area contributed by atoms with Crippen molar-refractivity contribution in [3.8, 4) is 5.69 Å². The Kier molecular flexibility index (Phi) is 5.37. The molecular formula is C17H19BrN4O3. The molecule has 132 valence electrons. The fourth-order valence-electron chi connectivity index (χ4n) is 2.69. The third-order valence-corrected chi connectivity index (χ3v) is 4.43. The molecule has 1 aliphatic rings. The minimum atomic E-state index is -0.315. The number of benzene rings is 1. The van der Waals surface area contributed by atoms with Crippen LogP contribution in [0.4, 0.5) is 4.79 Å². The molecule has 0 unspecified atom stereocenters. The first-order chi connectivity index (χ1) is 12.1. The highest BCUT2D eigenvalue weighted by molar-refractivity contribution is 9.10. The number of piperazine rings is 1. The van der Waals surface area contributed by atoms with Gasteiger partial charge in [0.25, 0.3) is 5.91 Å². The molecule has 0 spiro atoms. The normalized spacial score (nSPS) is 14.5. The van der Waals surface area contributed by atoms with E-state index in [2.05, 4.69) is 21.0 Å². The lowest BCUT2D eigenvalue weighted by Crippen LogP contribution is -2.50. The van der Waals surface area contributed by atoms with Gasteiger partial charge in [-0.05, 0) is 47.1 Å². The van der Waals surface area contributed by atoms with Crippen molar-refractivity contribution in [1.29, 1.82) is 0 Å². The Hall–Kier alpha value is -2.35. The first-order valence-electron chi connectivity index (χ1n) is 8.10. The summed E-state index contributed by atoms with van der Waals surface area (Å²) in [5.41, 5.74) is 1.51. The standard InChI is InChI=1S/C17H19BrN4O3/c1-2-25-17(24)21-9-7-20(8-10-21)16(23)13-3-5-15(6-4-13)22-12-14(18)11-19-22/h3-6,11-12H,2,7-10H2,1H3. The van der Waals surface area contributed by atoms with Gasteiger partial charge in [-0.1, -0.05) is 0 Å². The fourth-order valence-corrected chi connectivity index (χ4v) is 2.97. The Labute approximate surface area is 154 Å². The van der Waals surface area contributed by atoms with Gasteiger partial charge < -0.3 is 14.5 Å². The van der Waals surface area contributed by atoms with Crippen molar-refractivity contribution in [2.75, 3.05) is 32.8 Å². The minimum absolute atomic E-state index is 0.0308. The molecule has 1 saturated heterocycles. The monoisotopic (exact) mass is 406 g/mol. The summed E-state index contributed by atoms with van der Waals surface area (Å²) in [5, 5.41) is 4.22. The topological polar surface area (TPSA) is 67.7 Å². The van der Waals surface area contributed by atoms with E-state index < -0.39 is 0 Å². The van der Waals surface area contributed by atoms with Gasteiger partial charge in [-0.2, -0.15) is 5.10 Å². The van der Waals surface area contributed by atoms with Crippen LogP contribution in [0.3, 0.4) is 0 Å². The zero-order valence-corrected chi connectivity index (χ0v) is 15.5. The summed E-state index contributed by atoms with van der Waals surface area (Å²) in [5.74, 6) is -0.0308. The molecule has 1 fully saturated rings. The van der Waals surface area contributed by atoms with Gasteiger partial charge in [0.1, 0.15) is 0 Å². The van der Waals surface area contributed by atoms with Gasteiger partial charge in [0.15, 0.2) is 0 Å². The molecule has 0 aliphatic carbocycles. The lowest BCUT2D eigenvalue weighted by atomic mass is 10.1. The molecule has 3 rings (SSSR count). The maximum absolute atomic E-state index is 12.6. The van der Waals surface area contributed by atoms with Crippen molar-refractivity contribution in [3.63, 3.8) is 0 Å². The Morgan fingerprint density at radius 3 is 2.32 bits per heavy atom. The summed E-state index contributed by atoms with van der Waals surface area (Å²) < 4.78 is 7.62. The Morgan fingerprint density at radius 1 is 1.12 bits per heavy atom. The Bertz CT molecular complexity index is 752. The molecule has 0 radical (unpaired) electrons. The summed E-state index contributed by atoms with van der Waals surface area (Å²) in [6, 6.07) is 7.32. The van der Waals surface area contributed by atoms with Crippen molar-refractivity contribution in [3.05, 3.63) is 46.7 Å². The molecule has 7 nitrogen and oxygen atoms in total. The van der Waals surface area contributed by atoms with E-state index in [1.54, 1.807) is 39.7 Å². The van der Waals surface area contributed by atoms with Crippen LogP contribution >= 0.6 is 15.9 Å². The van der Waals surface area contributed by atoms with Crippen LogP contribution in [0.2, 0.25) is 0 Å². The van der Waals surface area contributed by atoms with E-state index in [0.29, 0.717) is 38.3 Å². The van der Waals surface area contributed by atoms with Gasteiger partial charge in [-0.15, -0.1) is 0 Å². The molecule has 0 saturated carbocycles. The number of halogens is 1. The molecule has 2 heterocycles. The van der Waals surface area contributed by atoms with E-state index in [9.17, 15) is 9.59 Å². The highest BCUT2D eigenvalue weighted by Gasteiger charge is 2.25. The zero-order valence-electron chi connectivity index (χ0n) is 13.9. The van der Waals surface area contributed by atoms with Gasteiger partial charge in [0.2, 0.25) is 0 Å². The molecule has 2 amide bonds. The van der Waals surface area contributed by atoms with E-state index in [0.717, 1.165) is 10.2 Å². The summed E-state index contributed by atoms with van der Waals surface area (Å²) >= 11 is 3.36. The first kappa shape index (κ1) is 17.5. The summed E-state index contributed by atoms with van der Waals surface area (Å²) in [6.45, 7) is 4.13. The third-order valence-electron chi connectivity index (χ3n) is 4.02. The second kappa shape index (κ2) is 7.69. The molecule has 0 atom stereocenters. The smallest absolute Gasteiger partial charge is 0.409 e. The highest BCUT2D eigenvalue weighted by Crippen LogP contribution is 2.15. The largest absolute Gasteiger partial charge is 0.450 e. The van der Waals surface area contributed by atoms with E-state index in [4.69, 9.17) is 4.74 Å². The van der Waals surface area contributed by atoms with Crippen molar-refractivity contribution in [2.45, 2.75) is 6.92 Å². The minimum Gasteiger partial charge on any atom is -0.450 e. The number of hydrogen-bond acceptors (Lipinski definition) is 4. The average molecular weight is 407 g/mol. The first-order valence-corrected chi connectivity index (χ1v) is 8.89. The van der Waals surface area contributed by atoms with Crippen molar-refractivity contribution >= 4 is 27.9 Å². The number of nitrogens with zero attached hydrogens (tertiary/aromatic N) is 4. The van der Waals surface area contributed by atoms with E-state index in [-0.39, 0.29) is 12.0 Å². The van der Waals surface area contributed by atoms with Crippen LogP contribution in [0.1, 0.15) is 17.3 Å². The molecule has 1 aromatic heterocycles. The fraction of sp³-hybridized carbons (Fsp3) is 0.353. The second-order valence-electron chi connectivity index (χ2n) is 5.63. The van der Waals surface area contributed by atoms with Crippen LogP contribution in [0.15, 0.2) is 41.1 Å². The van der Waals surface area contributed by atoms with Crippen LogP contribution in [-0.4, -0.2) is 64.4 Å². The lowest BCUT2D eigenvalue weighted by Gasteiger charge is -2.34. The number of carbonyl (C=O) groups is 2. The second-order valence-corrected chi connectivity index (χ2v) is 6.54. The summed E-state index contributed by atoms with van der Waals surface area (Å²) in [7, 11) is 0. The molecule has 1 aromatic carbocycles. The maximum Gasteiger partial charge on any atom is 0.409 e. The number of hydrogen-bond donors (Lipinski definition) is 0. The molecule has 0 bridgehead atoms. The highest BCUT2D eigenvalue weighted by atomic mass is 79.9. The number of aromatic nitrogens is 2. The van der Waals surface area contributed by atoms with E-state index in [1.165, 1.54) is 0 Å². The van der Waals surface area contributed by atoms with E-state index in [1.807, 2.05) is 18.3 Å². The summed E-state index contributed by atoms with van der Waals surface area (Å²) in [4.78, 5) is 27.7. The molecule has 8 heteroatoms. The van der Waals surface area contributed by atoms with Gasteiger partial charge in [-0.3, -0.25) is 4.79 Å². The number of ether oxygens (including phenoxy) is 1. The Morgan fingerprint density at radius 2 is 1.76 bits per heavy atom. The average Bonchev–Trinajstić information content (AvgIpc) is 3.08.